The predicted octanol–water partition coefficient (Wildman–Crippen LogP) is 2.63. The number of aromatic nitrogens is 4. The van der Waals surface area contributed by atoms with Crippen LogP contribution in [0.25, 0.3) is 0 Å². The van der Waals surface area contributed by atoms with E-state index in [0.717, 1.165) is 36.9 Å². The fourth-order valence-corrected chi connectivity index (χ4v) is 4.25. The molecule has 0 saturated carbocycles. The fourth-order valence-electron chi connectivity index (χ4n) is 3.47. The van der Waals surface area contributed by atoms with Crippen molar-refractivity contribution in [1.82, 2.24) is 18.9 Å². The number of anilines is 1. The Morgan fingerprint density at radius 1 is 1.33 bits per heavy atom. The number of aryl methyl sites for hydroxylation is 2. The summed E-state index contributed by atoms with van der Waals surface area (Å²) < 4.78 is 6.85. The van der Waals surface area contributed by atoms with Crippen LogP contribution < -0.4 is 4.90 Å². The van der Waals surface area contributed by atoms with Crippen LogP contribution in [0, 0.1) is 0 Å². The number of fused-ring (bicyclic) bond motifs is 1. The van der Waals surface area contributed by atoms with Crippen LogP contribution in [0.1, 0.15) is 49.4 Å². The number of imidazole rings is 1. The molecule has 6 heteroatoms. The quantitative estimate of drug-likeness (QED) is 0.874. The van der Waals surface area contributed by atoms with Crippen LogP contribution in [-0.4, -0.2) is 32.0 Å². The Morgan fingerprint density at radius 3 is 3.10 bits per heavy atom. The zero-order valence-corrected chi connectivity index (χ0v) is 13.3. The molecule has 1 atom stereocenters. The molecule has 1 unspecified atom stereocenters. The van der Waals surface area contributed by atoms with Gasteiger partial charge in [-0.2, -0.15) is 4.37 Å². The van der Waals surface area contributed by atoms with Crippen LogP contribution in [-0.2, 0) is 19.3 Å². The van der Waals surface area contributed by atoms with Gasteiger partial charge in [-0.1, -0.05) is 6.92 Å². The third-order valence-electron chi connectivity index (χ3n) is 4.66. The van der Waals surface area contributed by atoms with Gasteiger partial charge >= 0.3 is 0 Å². The van der Waals surface area contributed by atoms with Crippen LogP contribution in [0.3, 0.4) is 0 Å². The molecule has 0 bridgehead atoms. The molecule has 2 aromatic heterocycles. The first-order valence-electron chi connectivity index (χ1n) is 7.97. The van der Waals surface area contributed by atoms with Gasteiger partial charge in [0.1, 0.15) is 5.82 Å². The summed E-state index contributed by atoms with van der Waals surface area (Å²) in [6.45, 7) is 4.23. The number of hydrogen-bond donors (Lipinski definition) is 0. The average molecular weight is 303 g/mol. The summed E-state index contributed by atoms with van der Waals surface area (Å²) in [6.07, 6.45) is 9.14. The van der Waals surface area contributed by atoms with Crippen molar-refractivity contribution < 1.29 is 0 Å². The number of nitrogens with zero attached hydrogens (tertiary/aromatic N) is 5. The highest BCUT2D eigenvalue weighted by Crippen LogP contribution is 2.31. The molecule has 1 aliphatic heterocycles. The molecule has 0 N–H and O–H groups in total. The number of rotatable bonds is 3. The fraction of sp³-hybridized carbons (Fsp3) is 0.667. The Morgan fingerprint density at radius 2 is 2.24 bits per heavy atom. The maximum Gasteiger partial charge on any atom is 0.205 e. The molecule has 1 aliphatic carbocycles. The molecule has 5 nitrogen and oxygen atoms in total. The highest BCUT2D eigenvalue weighted by molar-refractivity contribution is 7.09. The Bertz CT molecular complexity index is 632. The first-order chi connectivity index (χ1) is 10.3. The minimum atomic E-state index is 0.549. The molecule has 1 fully saturated rings. The van der Waals surface area contributed by atoms with Crippen molar-refractivity contribution in [2.24, 2.45) is 0 Å². The van der Waals surface area contributed by atoms with E-state index in [-0.39, 0.29) is 0 Å². The van der Waals surface area contributed by atoms with Gasteiger partial charge in [0.2, 0.25) is 5.13 Å². The minimum absolute atomic E-state index is 0.549. The summed E-state index contributed by atoms with van der Waals surface area (Å²) in [4.78, 5) is 11.6. The van der Waals surface area contributed by atoms with Crippen molar-refractivity contribution in [3.63, 3.8) is 0 Å². The lowest BCUT2D eigenvalue weighted by molar-refractivity contribution is 0.515. The summed E-state index contributed by atoms with van der Waals surface area (Å²) in [5, 5.41) is 1.09. The second kappa shape index (κ2) is 5.40. The second-order valence-corrected chi connectivity index (χ2v) is 6.72. The van der Waals surface area contributed by atoms with E-state index in [1.54, 1.807) is 0 Å². The van der Waals surface area contributed by atoms with E-state index in [9.17, 15) is 0 Å². The molecule has 1 saturated heterocycles. The zero-order chi connectivity index (χ0) is 14.2. The second-order valence-electron chi connectivity index (χ2n) is 5.99. The zero-order valence-electron chi connectivity index (χ0n) is 12.5. The molecule has 4 rings (SSSR count). The van der Waals surface area contributed by atoms with Gasteiger partial charge in [0.25, 0.3) is 0 Å². The van der Waals surface area contributed by atoms with E-state index in [1.165, 1.54) is 48.6 Å². The molecular formula is C15H21N5S. The Labute approximate surface area is 129 Å². The van der Waals surface area contributed by atoms with E-state index >= 15 is 0 Å². The molecule has 2 aliphatic rings. The van der Waals surface area contributed by atoms with Gasteiger partial charge in [-0.25, -0.2) is 9.97 Å². The van der Waals surface area contributed by atoms with Crippen molar-refractivity contribution in [3.8, 4) is 0 Å². The number of hydrogen-bond acceptors (Lipinski definition) is 5. The predicted molar refractivity (Wildman–Crippen MR) is 84.0 cm³/mol. The molecule has 0 amide bonds. The maximum absolute atomic E-state index is 4.64. The third-order valence-corrected chi connectivity index (χ3v) is 5.48. The van der Waals surface area contributed by atoms with Gasteiger partial charge in [-0.3, -0.25) is 0 Å². The lowest BCUT2D eigenvalue weighted by atomic mass is 10.0. The lowest BCUT2D eigenvalue weighted by Crippen LogP contribution is -2.21. The van der Waals surface area contributed by atoms with Crippen LogP contribution in [0.5, 0.6) is 0 Å². The van der Waals surface area contributed by atoms with Crippen molar-refractivity contribution >= 4 is 16.7 Å². The highest BCUT2D eigenvalue weighted by atomic mass is 32.1. The molecule has 112 valence electrons. The summed E-state index contributed by atoms with van der Waals surface area (Å²) in [6, 6.07) is 0.549. The first-order valence-corrected chi connectivity index (χ1v) is 8.74. The normalized spacial score (nSPS) is 21.8. The summed E-state index contributed by atoms with van der Waals surface area (Å²) in [7, 11) is 0. The van der Waals surface area contributed by atoms with E-state index in [2.05, 4.69) is 37.1 Å². The van der Waals surface area contributed by atoms with Gasteiger partial charge in [-0.15, -0.1) is 0 Å². The SMILES string of the molecule is CCc1nsc(N2CCC(n3cnc4c3CCCC4)C2)n1. The van der Waals surface area contributed by atoms with Gasteiger partial charge in [-0.05, 0) is 32.1 Å². The molecule has 2 aromatic rings. The van der Waals surface area contributed by atoms with Crippen molar-refractivity contribution in [3.05, 3.63) is 23.5 Å². The molecule has 0 aromatic carbocycles. The molecule has 0 radical (unpaired) electrons. The topological polar surface area (TPSA) is 46.8 Å². The highest BCUT2D eigenvalue weighted by Gasteiger charge is 2.28. The van der Waals surface area contributed by atoms with Gasteiger partial charge < -0.3 is 9.47 Å². The Hall–Kier alpha value is -1.43. The van der Waals surface area contributed by atoms with E-state index in [1.807, 2.05) is 0 Å². The summed E-state index contributed by atoms with van der Waals surface area (Å²) in [5.74, 6) is 0.971. The minimum Gasteiger partial charge on any atom is -0.345 e. The lowest BCUT2D eigenvalue weighted by Gasteiger charge is -2.19. The van der Waals surface area contributed by atoms with E-state index < -0.39 is 0 Å². The van der Waals surface area contributed by atoms with Crippen LogP contribution >= 0.6 is 11.5 Å². The standard InChI is InChI=1S/C15H21N5S/c1-2-14-17-15(21-18-14)19-8-7-11(9-19)20-10-16-12-5-3-4-6-13(12)20/h10-11H,2-9H2,1H3. The van der Waals surface area contributed by atoms with Crippen molar-refractivity contribution in [2.75, 3.05) is 18.0 Å². The summed E-state index contributed by atoms with van der Waals surface area (Å²) in [5.41, 5.74) is 2.82. The third kappa shape index (κ3) is 2.35. The largest absolute Gasteiger partial charge is 0.345 e. The van der Waals surface area contributed by atoms with Gasteiger partial charge in [0.15, 0.2) is 0 Å². The van der Waals surface area contributed by atoms with Crippen LogP contribution in [0.2, 0.25) is 0 Å². The Kier molecular flexibility index (Phi) is 3.41. The van der Waals surface area contributed by atoms with E-state index in [0.29, 0.717) is 6.04 Å². The monoisotopic (exact) mass is 303 g/mol. The molecular weight excluding hydrogens is 282 g/mol. The average Bonchev–Trinajstić information content (AvgIpc) is 3.24. The molecule has 0 spiro atoms. The van der Waals surface area contributed by atoms with Gasteiger partial charge in [0, 0.05) is 36.7 Å². The van der Waals surface area contributed by atoms with Crippen molar-refractivity contribution in [1.29, 1.82) is 0 Å². The Balaban J connectivity index is 1.52. The van der Waals surface area contributed by atoms with Crippen molar-refractivity contribution in [2.45, 2.75) is 51.5 Å². The smallest absolute Gasteiger partial charge is 0.205 e. The molecule has 21 heavy (non-hydrogen) atoms. The maximum atomic E-state index is 4.64. The summed E-state index contributed by atoms with van der Waals surface area (Å²) >= 11 is 1.54. The van der Waals surface area contributed by atoms with E-state index in [4.69, 9.17) is 0 Å². The van der Waals surface area contributed by atoms with Gasteiger partial charge in [0.05, 0.1) is 18.1 Å². The first kappa shape index (κ1) is 13.2. The van der Waals surface area contributed by atoms with Crippen LogP contribution in [0.15, 0.2) is 6.33 Å². The van der Waals surface area contributed by atoms with Crippen LogP contribution in [0.4, 0.5) is 5.13 Å². The molecule has 3 heterocycles.